The van der Waals surface area contributed by atoms with E-state index < -0.39 is 5.97 Å². The Morgan fingerprint density at radius 2 is 1.84 bits per heavy atom. The largest absolute Gasteiger partial charge is 0.421 e. The molecular weight excluding hydrogens is 320 g/mol. The first-order valence-electron chi connectivity index (χ1n) is 7.57. The van der Waals surface area contributed by atoms with E-state index in [0.29, 0.717) is 17.5 Å². The number of esters is 1. The molecule has 0 saturated heterocycles. The van der Waals surface area contributed by atoms with Gasteiger partial charge in [-0.05, 0) is 36.4 Å². The van der Waals surface area contributed by atoms with Crippen LogP contribution in [-0.2, 0) is 4.79 Å². The number of anilines is 1. The molecule has 0 fully saturated rings. The zero-order valence-corrected chi connectivity index (χ0v) is 13.8. The van der Waals surface area contributed by atoms with Gasteiger partial charge in [0.25, 0.3) is 0 Å². The lowest BCUT2D eigenvalue weighted by atomic mass is 10.1. The van der Waals surface area contributed by atoms with Crippen LogP contribution in [0.2, 0.25) is 0 Å². The summed E-state index contributed by atoms with van der Waals surface area (Å²) in [4.78, 5) is 34.7. The predicted molar refractivity (Wildman–Crippen MR) is 91.4 cm³/mol. The number of hydrogen-bond donors (Lipinski definition) is 1. The molecule has 0 saturated carbocycles. The number of benzene rings is 2. The molecule has 2 aromatic carbocycles. The molecule has 0 atom stereocenters. The summed E-state index contributed by atoms with van der Waals surface area (Å²) in [6.45, 7) is 3.56. The van der Waals surface area contributed by atoms with Gasteiger partial charge in [0.05, 0.1) is 11.1 Å². The van der Waals surface area contributed by atoms with Gasteiger partial charge in [0.15, 0.2) is 0 Å². The Hall–Kier alpha value is -3.46. The zero-order valence-electron chi connectivity index (χ0n) is 13.8. The Balaban J connectivity index is 2.15. The van der Waals surface area contributed by atoms with E-state index in [4.69, 9.17) is 10.00 Å². The van der Waals surface area contributed by atoms with E-state index in [9.17, 15) is 14.4 Å². The molecule has 0 aromatic heterocycles. The molecule has 0 bridgehead atoms. The summed E-state index contributed by atoms with van der Waals surface area (Å²) in [6.07, 6.45) is 0.602. The number of carbonyl (C=O) groups is 3. The SMILES string of the molecule is CC(C)C(=O)Nc1ccc(C(=O)Oc2cc(C=O)ccc2C#N)cc1. The summed E-state index contributed by atoms with van der Waals surface area (Å²) in [5, 5.41) is 11.8. The highest BCUT2D eigenvalue weighted by molar-refractivity contribution is 5.94. The van der Waals surface area contributed by atoms with E-state index in [-0.39, 0.29) is 28.7 Å². The molecule has 6 heteroatoms. The van der Waals surface area contributed by atoms with Gasteiger partial charge < -0.3 is 10.1 Å². The lowest BCUT2D eigenvalue weighted by Crippen LogP contribution is -2.17. The van der Waals surface area contributed by atoms with Gasteiger partial charge in [0.1, 0.15) is 18.1 Å². The zero-order chi connectivity index (χ0) is 18.4. The first kappa shape index (κ1) is 17.9. The Bertz CT molecular complexity index is 849. The molecule has 0 radical (unpaired) electrons. The number of nitriles is 1. The maximum Gasteiger partial charge on any atom is 0.343 e. The molecule has 1 amide bonds. The molecule has 25 heavy (non-hydrogen) atoms. The average molecular weight is 336 g/mol. The van der Waals surface area contributed by atoms with Crippen LogP contribution in [0.4, 0.5) is 5.69 Å². The Kier molecular flexibility index (Phi) is 5.64. The van der Waals surface area contributed by atoms with E-state index in [1.807, 2.05) is 6.07 Å². The van der Waals surface area contributed by atoms with E-state index in [2.05, 4.69) is 5.32 Å². The summed E-state index contributed by atoms with van der Waals surface area (Å²) in [6, 6.07) is 12.3. The number of aldehydes is 1. The lowest BCUT2D eigenvalue weighted by molar-refractivity contribution is -0.118. The maximum atomic E-state index is 12.2. The highest BCUT2D eigenvalue weighted by atomic mass is 16.5. The van der Waals surface area contributed by atoms with Crippen LogP contribution in [0.15, 0.2) is 42.5 Å². The second kappa shape index (κ2) is 7.88. The third-order valence-corrected chi connectivity index (χ3v) is 3.38. The average Bonchev–Trinajstić information content (AvgIpc) is 2.62. The number of amides is 1. The number of ether oxygens (including phenoxy) is 1. The fourth-order valence-corrected chi connectivity index (χ4v) is 1.92. The van der Waals surface area contributed by atoms with E-state index in [0.717, 1.165) is 0 Å². The monoisotopic (exact) mass is 336 g/mol. The maximum absolute atomic E-state index is 12.2. The minimum Gasteiger partial charge on any atom is -0.421 e. The van der Waals surface area contributed by atoms with Gasteiger partial charge >= 0.3 is 5.97 Å². The van der Waals surface area contributed by atoms with Crippen molar-refractivity contribution in [3.05, 3.63) is 59.2 Å². The summed E-state index contributed by atoms with van der Waals surface area (Å²) < 4.78 is 5.22. The van der Waals surface area contributed by atoms with E-state index in [1.165, 1.54) is 30.3 Å². The van der Waals surface area contributed by atoms with Gasteiger partial charge in [-0.25, -0.2) is 4.79 Å². The third-order valence-electron chi connectivity index (χ3n) is 3.38. The number of nitrogens with one attached hydrogen (secondary N) is 1. The molecule has 0 heterocycles. The highest BCUT2D eigenvalue weighted by Gasteiger charge is 2.13. The smallest absolute Gasteiger partial charge is 0.343 e. The van der Waals surface area contributed by atoms with Crippen LogP contribution in [0.25, 0.3) is 0 Å². The molecule has 2 aromatic rings. The molecule has 1 N–H and O–H groups in total. The standard InChI is InChI=1S/C19H16N2O4/c1-12(2)18(23)21-16-7-5-14(6-8-16)19(24)25-17-9-13(11-22)3-4-15(17)10-20/h3-9,11-12H,1-2H3,(H,21,23). The van der Waals surface area contributed by atoms with Crippen LogP contribution in [0.1, 0.15) is 40.1 Å². The Morgan fingerprint density at radius 1 is 1.16 bits per heavy atom. The molecule has 0 unspecified atom stereocenters. The van der Waals surface area contributed by atoms with Gasteiger partial charge in [0, 0.05) is 17.2 Å². The van der Waals surface area contributed by atoms with Gasteiger partial charge in [-0.1, -0.05) is 19.9 Å². The minimum absolute atomic E-state index is 0.0225. The van der Waals surface area contributed by atoms with Crippen LogP contribution in [-0.4, -0.2) is 18.2 Å². The van der Waals surface area contributed by atoms with Crippen molar-refractivity contribution < 1.29 is 19.1 Å². The number of nitrogens with zero attached hydrogens (tertiary/aromatic N) is 1. The number of rotatable bonds is 5. The third kappa shape index (κ3) is 4.52. The topological polar surface area (TPSA) is 96.3 Å². The second-order valence-electron chi connectivity index (χ2n) is 5.60. The van der Waals surface area contributed by atoms with Gasteiger partial charge in [-0.2, -0.15) is 5.26 Å². The summed E-state index contributed by atoms with van der Waals surface area (Å²) >= 11 is 0. The fourth-order valence-electron chi connectivity index (χ4n) is 1.92. The van der Waals surface area contributed by atoms with Crippen molar-refractivity contribution in [2.75, 3.05) is 5.32 Å². The molecule has 0 aliphatic carbocycles. The fraction of sp³-hybridized carbons (Fsp3) is 0.158. The minimum atomic E-state index is -0.665. The number of carbonyl (C=O) groups excluding carboxylic acids is 3. The molecule has 126 valence electrons. The molecule has 6 nitrogen and oxygen atoms in total. The highest BCUT2D eigenvalue weighted by Crippen LogP contribution is 2.21. The van der Waals surface area contributed by atoms with Gasteiger partial charge in [-0.15, -0.1) is 0 Å². The van der Waals surface area contributed by atoms with E-state index >= 15 is 0 Å². The van der Waals surface area contributed by atoms with Crippen molar-refractivity contribution in [1.82, 2.24) is 0 Å². The molecule has 0 spiro atoms. The van der Waals surface area contributed by atoms with Crippen LogP contribution in [0, 0.1) is 17.2 Å². The Labute approximate surface area is 145 Å². The van der Waals surface area contributed by atoms with Crippen molar-refractivity contribution in [2.45, 2.75) is 13.8 Å². The summed E-state index contributed by atoms with van der Waals surface area (Å²) in [5.41, 5.74) is 1.27. The normalized spacial score (nSPS) is 10.0. The first-order chi connectivity index (χ1) is 11.9. The van der Waals surface area contributed by atoms with Crippen molar-refractivity contribution in [3.63, 3.8) is 0 Å². The van der Waals surface area contributed by atoms with Crippen LogP contribution in [0.5, 0.6) is 5.75 Å². The molecule has 0 aliphatic rings. The van der Waals surface area contributed by atoms with Crippen molar-refractivity contribution >= 4 is 23.9 Å². The van der Waals surface area contributed by atoms with E-state index in [1.54, 1.807) is 26.0 Å². The van der Waals surface area contributed by atoms with Crippen molar-refractivity contribution in [1.29, 1.82) is 5.26 Å². The van der Waals surface area contributed by atoms with Crippen LogP contribution in [0.3, 0.4) is 0 Å². The van der Waals surface area contributed by atoms with Crippen LogP contribution >= 0.6 is 0 Å². The van der Waals surface area contributed by atoms with Crippen molar-refractivity contribution in [3.8, 4) is 11.8 Å². The summed E-state index contributed by atoms with van der Waals surface area (Å²) in [5.74, 6) is -0.922. The molecule has 0 aliphatic heterocycles. The lowest BCUT2D eigenvalue weighted by Gasteiger charge is -2.09. The van der Waals surface area contributed by atoms with Gasteiger partial charge in [0.2, 0.25) is 5.91 Å². The van der Waals surface area contributed by atoms with Gasteiger partial charge in [-0.3, -0.25) is 9.59 Å². The Morgan fingerprint density at radius 3 is 2.40 bits per heavy atom. The number of hydrogen-bond acceptors (Lipinski definition) is 5. The predicted octanol–water partition coefficient (Wildman–Crippen LogP) is 3.18. The molecular formula is C19H16N2O4. The van der Waals surface area contributed by atoms with Crippen LogP contribution < -0.4 is 10.1 Å². The first-order valence-corrected chi connectivity index (χ1v) is 7.57. The molecule has 2 rings (SSSR count). The summed E-state index contributed by atoms with van der Waals surface area (Å²) in [7, 11) is 0. The quantitative estimate of drug-likeness (QED) is 0.514. The van der Waals surface area contributed by atoms with Crippen molar-refractivity contribution in [2.24, 2.45) is 5.92 Å². The second-order valence-corrected chi connectivity index (χ2v) is 5.60.